The van der Waals surface area contributed by atoms with Gasteiger partial charge < -0.3 is 14.7 Å². The Morgan fingerprint density at radius 3 is 2.86 bits per heavy atom. The molecule has 1 saturated heterocycles. The summed E-state index contributed by atoms with van der Waals surface area (Å²) in [5.74, 6) is -3.04. The van der Waals surface area contributed by atoms with Gasteiger partial charge in [-0.05, 0) is 13.3 Å². The molecule has 1 aromatic heterocycles. The number of halogens is 2. The number of carboxylic acid groups (broad SMARTS) is 1. The summed E-state index contributed by atoms with van der Waals surface area (Å²) in [4.78, 5) is 12.5. The summed E-state index contributed by atoms with van der Waals surface area (Å²) in [7, 11) is 0. The van der Waals surface area contributed by atoms with Gasteiger partial charge in [0.25, 0.3) is 5.92 Å². The van der Waals surface area contributed by atoms with E-state index >= 15 is 0 Å². The highest BCUT2D eigenvalue weighted by molar-refractivity contribution is 5.66. The van der Waals surface area contributed by atoms with Crippen LogP contribution in [0.3, 0.4) is 0 Å². The maximum Gasteiger partial charge on any atom is 0.407 e. The molecule has 22 heavy (non-hydrogen) atoms. The number of rotatable bonds is 0. The zero-order valence-corrected chi connectivity index (χ0v) is 12.2. The zero-order chi connectivity index (χ0) is 15.7. The van der Waals surface area contributed by atoms with E-state index in [0.29, 0.717) is 37.3 Å². The lowest BCUT2D eigenvalue weighted by atomic mass is 9.93. The molecule has 0 bridgehead atoms. The van der Waals surface area contributed by atoms with E-state index in [9.17, 15) is 18.7 Å². The summed E-state index contributed by atoms with van der Waals surface area (Å²) >= 11 is 0. The van der Waals surface area contributed by atoms with Gasteiger partial charge in [0.15, 0.2) is 0 Å². The SMILES string of the molecule is CC1Cc2nn3c(c2CN1C(=O)O)C(F)(F)CC1(CC3)CO1. The lowest BCUT2D eigenvalue weighted by molar-refractivity contribution is -0.0379. The van der Waals surface area contributed by atoms with Crippen LogP contribution in [0.4, 0.5) is 13.6 Å². The number of carbonyl (C=O) groups is 1. The Bertz CT molecular complexity index is 654. The monoisotopic (exact) mass is 313 g/mol. The van der Waals surface area contributed by atoms with Crippen LogP contribution in [0.5, 0.6) is 0 Å². The van der Waals surface area contributed by atoms with E-state index in [1.54, 1.807) is 6.92 Å². The molecule has 0 aliphatic carbocycles. The Kier molecular flexibility index (Phi) is 2.65. The number of alkyl halides is 2. The van der Waals surface area contributed by atoms with Gasteiger partial charge in [0, 0.05) is 31.0 Å². The van der Waals surface area contributed by atoms with E-state index in [1.807, 2.05) is 0 Å². The summed E-state index contributed by atoms with van der Waals surface area (Å²) in [6, 6.07) is -0.254. The second-order valence-electron chi connectivity index (χ2n) is 6.56. The average molecular weight is 313 g/mol. The van der Waals surface area contributed by atoms with E-state index in [1.165, 1.54) is 9.58 Å². The standard InChI is InChI=1S/C14H17F2N3O3/c1-8-4-10-9(5-18(8)12(20)21)11-14(15,16)6-13(7-22-13)2-3-19(11)17-10/h8H,2-7H2,1H3,(H,20,21). The highest BCUT2D eigenvalue weighted by Crippen LogP contribution is 2.49. The van der Waals surface area contributed by atoms with Gasteiger partial charge in [-0.15, -0.1) is 0 Å². The van der Waals surface area contributed by atoms with Crippen LogP contribution >= 0.6 is 0 Å². The number of aryl methyl sites for hydroxylation is 1. The van der Waals surface area contributed by atoms with Crippen LogP contribution in [-0.4, -0.2) is 44.1 Å². The van der Waals surface area contributed by atoms with E-state index < -0.39 is 17.6 Å². The molecule has 1 fully saturated rings. The third-order valence-electron chi connectivity index (χ3n) is 4.95. The first-order valence-electron chi connectivity index (χ1n) is 7.42. The largest absolute Gasteiger partial charge is 0.465 e. The maximum atomic E-state index is 14.7. The van der Waals surface area contributed by atoms with Crippen molar-refractivity contribution in [2.45, 2.75) is 56.8 Å². The Morgan fingerprint density at radius 1 is 1.50 bits per heavy atom. The smallest absolute Gasteiger partial charge is 0.407 e. The average Bonchev–Trinajstić information content (AvgIpc) is 3.08. The molecule has 0 aromatic carbocycles. The van der Waals surface area contributed by atoms with Crippen molar-refractivity contribution in [3.05, 3.63) is 17.0 Å². The van der Waals surface area contributed by atoms with Crippen molar-refractivity contribution in [1.29, 1.82) is 0 Å². The van der Waals surface area contributed by atoms with Crippen LogP contribution < -0.4 is 0 Å². The minimum absolute atomic E-state index is 0.0232. The second kappa shape index (κ2) is 4.18. The Morgan fingerprint density at radius 2 is 2.23 bits per heavy atom. The molecule has 1 spiro atoms. The van der Waals surface area contributed by atoms with Crippen LogP contribution in [0.2, 0.25) is 0 Å². The Labute approximate surface area is 125 Å². The zero-order valence-electron chi connectivity index (χ0n) is 12.2. The predicted molar refractivity (Wildman–Crippen MR) is 70.8 cm³/mol. The van der Waals surface area contributed by atoms with Crippen molar-refractivity contribution < 1.29 is 23.4 Å². The number of ether oxygens (including phenoxy) is 1. The summed E-state index contributed by atoms with van der Waals surface area (Å²) in [5, 5.41) is 13.6. The highest BCUT2D eigenvalue weighted by Gasteiger charge is 2.56. The van der Waals surface area contributed by atoms with Crippen molar-refractivity contribution in [2.75, 3.05) is 6.61 Å². The van der Waals surface area contributed by atoms with Crippen molar-refractivity contribution >= 4 is 6.09 Å². The molecule has 120 valence electrons. The van der Waals surface area contributed by atoms with Gasteiger partial charge in [0.1, 0.15) is 5.69 Å². The van der Waals surface area contributed by atoms with Gasteiger partial charge in [-0.25, -0.2) is 4.79 Å². The second-order valence-corrected chi connectivity index (χ2v) is 6.56. The molecule has 3 aliphatic rings. The number of amides is 1. The van der Waals surface area contributed by atoms with Gasteiger partial charge in [-0.3, -0.25) is 4.68 Å². The first-order valence-corrected chi connectivity index (χ1v) is 7.42. The van der Waals surface area contributed by atoms with E-state index in [-0.39, 0.29) is 24.7 Å². The maximum absolute atomic E-state index is 14.7. The third kappa shape index (κ3) is 1.93. The van der Waals surface area contributed by atoms with Crippen LogP contribution in [-0.2, 0) is 30.2 Å². The third-order valence-corrected chi connectivity index (χ3v) is 4.95. The Balaban J connectivity index is 1.78. The van der Waals surface area contributed by atoms with Gasteiger partial charge in [0.2, 0.25) is 0 Å². The number of hydrogen-bond acceptors (Lipinski definition) is 3. The predicted octanol–water partition coefficient (Wildman–Crippen LogP) is 1.96. The molecular formula is C14H17F2N3O3. The molecule has 2 atom stereocenters. The molecule has 3 aliphatic heterocycles. The molecule has 0 saturated carbocycles. The fraction of sp³-hybridized carbons (Fsp3) is 0.714. The fourth-order valence-corrected chi connectivity index (χ4v) is 3.66. The van der Waals surface area contributed by atoms with Crippen molar-refractivity contribution in [2.24, 2.45) is 0 Å². The molecular weight excluding hydrogens is 296 g/mol. The van der Waals surface area contributed by atoms with Gasteiger partial charge in [0.05, 0.1) is 24.4 Å². The summed E-state index contributed by atoms with van der Waals surface area (Å²) in [6.07, 6.45) is -0.536. The minimum atomic E-state index is -3.04. The summed E-state index contributed by atoms with van der Waals surface area (Å²) in [6.45, 7) is 2.50. The van der Waals surface area contributed by atoms with Crippen LogP contribution in [0.25, 0.3) is 0 Å². The first-order chi connectivity index (χ1) is 10.3. The summed E-state index contributed by atoms with van der Waals surface area (Å²) in [5.41, 5.74) is 0.148. The van der Waals surface area contributed by atoms with Crippen LogP contribution in [0.15, 0.2) is 0 Å². The van der Waals surface area contributed by atoms with Gasteiger partial charge >= 0.3 is 6.09 Å². The molecule has 4 heterocycles. The summed E-state index contributed by atoms with van der Waals surface area (Å²) < 4.78 is 36.1. The van der Waals surface area contributed by atoms with E-state index in [4.69, 9.17) is 4.74 Å². The molecule has 6 nitrogen and oxygen atoms in total. The highest BCUT2D eigenvalue weighted by atomic mass is 19.3. The van der Waals surface area contributed by atoms with Gasteiger partial charge in [-0.1, -0.05) is 0 Å². The van der Waals surface area contributed by atoms with E-state index in [2.05, 4.69) is 5.10 Å². The van der Waals surface area contributed by atoms with Crippen molar-refractivity contribution in [1.82, 2.24) is 14.7 Å². The van der Waals surface area contributed by atoms with E-state index in [0.717, 1.165) is 0 Å². The molecule has 1 aromatic rings. The fourth-order valence-electron chi connectivity index (χ4n) is 3.66. The molecule has 8 heteroatoms. The first kappa shape index (κ1) is 13.9. The lowest BCUT2D eigenvalue weighted by Gasteiger charge is -2.31. The molecule has 4 rings (SSSR count). The van der Waals surface area contributed by atoms with Gasteiger partial charge in [-0.2, -0.15) is 13.9 Å². The van der Waals surface area contributed by atoms with Crippen LogP contribution in [0, 0.1) is 0 Å². The molecule has 1 N–H and O–H groups in total. The topological polar surface area (TPSA) is 70.9 Å². The number of epoxide rings is 1. The molecule has 1 amide bonds. The number of aromatic nitrogens is 2. The van der Waals surface area contributed by atoms with Crippen molar-refractivity contribution in [3.63, 3.8) is 0 Å². The number of nitrogens with zero attached hydrogens (tertiary/aromatic N) is 3. The quantitative estimate of drug-likeness (QED) is 0.743. The lowest BCUT2D eigenvalue weighted by Crippen LogP contribution is -2.42. The van der Waals surface area contributed by atoms with Crippen molar-refractivity contribution in [3.8, 4) is 0 Å². The molecule has 0 radical (unpaired) electrons. The minimum Gasteiger partial charge on any atom is -0.465 e. The molecule has 2 unspecified atom stereocenters. The number of fused-ring (bicyclic) bond motifs is 3. The van der Waals surface area contributed by atoms with Crippen LogP contribution in [0.1, 0.15) is 36.7 Å². The normalized spacial score (nSPS) is 32.3. The number of hydrogen-bond donors (Lipinski definition) is 1. The Hall–Kier alpha value is -1.70.